The maximum Gasteiger partial charge on any atom is 0.265 e. The van der Waals surface area contributed by atoms with Gasteiger partial charge in [-0.3, -0.25) is 14.5 Å². The van der Waals surface area contributed by atoms with Crippen LogP contribution in [0.5, 0.6) is 11.5 Å². The van der Waals surface area contributed by atoms with Crippen molar-refractivity contribution in [2.75, 3.05) is 18.1 Å². The van der Waals surface area contributed by atoms with Crippen LogP contribution in [0.25, 0.3) is 0 Å². The molecule has 0 radical (unpaired) electrons. The highest BCUT2D eigenvalue weighted by atomic mass is 16.5. The average Bonchev–Trinajstić information content (AvgIpc) is 2.67. The van der Waals surface area contributed by atoms with E-state index in [1.165, 1.54) is 4.90 Å². The first kappa shape index (κ1) is 18.4. The van der Waals surface area contributed by atoms with E-state index in [1.807, 2.05) is 19.9 Å². The van der Waals surface area contributed by atoms with E-state index in [9.17, 15) is 14.7 Å². The van der Waals surface area contributed by atoms with Crippen LogP contribution >= 0.6 is 0 Å². The number of amides is 2. The Morgan fingerprint density at radius 3 is 2.85 bits per heavy atom. The minimum Gasteiger partial charge on any atom is -0.507 e. The average molecular weight is 367 g/mol. The highest BCUT2D eigenvalue weighted by Gasteiger charge is 2.26. The van der Waals surface area contributed by atoms with Gasteiger partial charge in [-0.1, -0.05) is 30.7 Å². The third-order valence-electron chi connectivity index (χ3n) is 4.22. The molecule has 0 aliphatic carbocycles. The molecule has 0 saturated carbocycles. The normalized spacial score (nSPS) is 13.8. The summed E-state index contributed by atoms with van der Waals surface area (Å²) in [4.78, 5) is 25.9. The van der Waals surface area contributed by atoms with Gasteiger partial charge >= 0.3 is 0 Å². The van der Waals surface area contributed by atoms with Gasteiger partial charge in [0.05, 0.1) is 11.4 Å². The lowest BCUT2D eigenvalue weighted by atomic mass is 10.0. The summed E-state index contributed by atoms with van der Waals surface area (Å²) in [5.41, 5.74) is 5.14. The summed E-state index contributed by atoms with van der Waals surface area (Å²) >= 11 is 0. The molecule has 2 aromatic carbocycles. The SMILES string of the molecule is CC/C(=N\NC(=O)CN1C(=O)COc2ccccc21)c1cc(C)ccc1O. The van der Waals surface area contributed by atoms with Crippen LogP contribution in [0.3, 0.4) is 0 Å². The number of phenols is 1. The lowest BCUT2D eigenvalue weighted by molar-refractivity contribution is -0.125. The Bertz CT molecular complexity index is 908. The number of benzene rings is 2. The second kappa shape index (κ2) is 7.90. The van der Waals surface area contributed by atoms with Crippen molar-refractivity contribution in [1.29, 1.82) is 0 Å². The van der Waals surface area contributed by atoms with Crippen molar-refractivity contribution in [1.82, 2.24) is 5.43 Å². The Morgan fingerprint density at radius 1 is 1.30 bits per heavy atom. The van der Waals surface area contributed by atoms with Crippen LogP contribution in [0.2, 0.25) is 0 Å². The van der Waals surface area contributed by atoms with E-state index >= 15 is 0 Å². The van der Waals surface area contributed by atoms with Crippen molar-refractivity contribution in [3.05, 3.63) is 53.6 Å². The number of ether oxygens (including phenoxy) is 1. The Kier molecular flexibility index (Phi) is 5.40. The Labute approximate surface area is 157 Å². The first-order valence-electron chi connectivity index (χ1n) is 8.67. The number of hydrogen-bond donors (Lipinski definition) is 2. The zero-order chi connectivity index (χ0) is 19.4. The predicted molar refractivity (Wildman–Crippen MR) is 102 cm³/mol. The number of hydrazone groups is 1. The third-order valence-corrected chi connectivity index (χ3v) is 4.22. The summed E-state index contributed by atoms with van der Waals surface area (Å²) in [6, 6.07) is 12.3. The first-order valence-corrected chi connectivity index (χ1v) is 8.67. The molecule has 1 heterocycles. The van der Waals surface area contributed by atoms with Crippen molar-refractivity contribution >= 4 is 23.2 Å². The number of aromatic hydroxyl groups is 1. The van der Waals surface area contributed by atoms with E-state index in [-0.39, 0.29) is 24.8 Å². The van der Waals surface area contributed by atoms with E-state index in [4.69, 9.17) is 4.74 Å². The number of carbonyl (C=O) groups is 2. The highest BCUT2D eigenvalue weighted by molar-refractivity contribution is 6.04. The molecule has 7 nitrogen and oxygen atoms in total. The third kappa shape index (κ3) is 4.08. The number of fused-ring (bicyclic) bond motifs is 1. The van der Waals surface area contributed by atoms with Crippen LogP contribution in [0, 0.1) is 6.92 Å². The fourth-order valence-electron chi connectivity index (χ4n) is 2.85. The monoisotopic (exact) mass is 367 g/mol. The molecule has 0 spiro atoms. The zero-order valence-corrected chi connectivity index (χ0v) is 15.2. The first-order chi connectivity index (χ1) is 13.0. The number of rotatable bonds is 5. The number of hydrogen-bond acceptors (Lipinski definition) is 5. The van der Waals surface area contributed by atoms with E-state index in [1.54, 1.807) is 36.4 Å². The molecule has 0 unspecified atom stereocenters. The van der Waals surface area contributed by atoms with Crippen LogP contribution in [0.4, 0.5) is 5.69 Å². The molecular weight excluding hydrogens is 346 g/mol. The number of anilines is 1. The molecule has 0 atom stereocenters. The topological polar surface area (TPSA) is 91.2 Å². The van der Waals surface area contributed by atoms with Crippen molar-refractivity contribution in [2.45, 2.75) is 20.3 Å². The van der Waals surface area contributed by atoms with Gasteiger partial charge in [0, 0.05) is 5.56 Å². The number of para-hydroxylation sites is 2. The van der Waals surface area contributed by atoms with Gasteiger partial charge < -0.3 is 9.84 Å². The second-order valence-electron chi connectivity index (χ2n) is 6.20. The van der Waals surface area contributed by atoms with Crippen LogP contribution in [-0.4, -0.2) is 35.8 Å². The molecule has 7 heteroatoms. The van der Waals surface area contributed by atoms with E-state index in [0.717, 1.165) is 5.56 Å². The van der Waals surface area contributed by atoms with E-state index in [0.29, 0.717) is 29.1 Å². The molecule has 140 valence electrons. The predicted octanol–water partition coefficient (Wildman–Crippen LogP) is 2.36. The standard InChI is InChI=1S/C20H21N3O4/c1-3-15(14-10-13(2)8-9-17(14)24)21-22-19(25)11-23-16-6-4-5-7-18(16)27-12-20(23)26/h4-10,24H,3,11-12H2,1-2H3,(H,22,25)/b21-15+. The fraction of sp³-hybridized carbons (Fsp3) is 0.250. The van der Waals surface area contributed by atoms with Crippen LogP contribution in [-0.2, 0) is 9.59 Å². The second-order valence-corrected chi connectivity index (χ2v) is 6.20. The lowest BCUT2D eigenvalue weighted by Gasteiger charge is -2.28. The molecule has 2 N–H and O–H groups in total. The molecule has 0 aromatic heterocycles. The summed E-state index contributed by atoms with van der Waals surface area (Å²) in [5.74, 6) is -0.0573. The highest BCUT2D eigenvalue weighted by Crippen LogP contribution is 2.31. The molecule has 3 rings (SSSR count). The molecular formula is C20H21N3O4. The van der Waals surface area contributed by atoms with E-state index in [2.05, 4.69) is 10.5 Å². The van der Waals surface area contributed by atoms with Crippen LogP contribution < -0.4 is 15.1 Å². The van der Waals surface area contributed by atoms with Crippen LogP contribution in [0.15, 0.2) is 47.6 Å². The van der Waals surface area contributed by atoms with Gasteiger partial charge in [0.2, 0.25) is 0 Å². The molecule has 0 bridgehead atoms. The zero-order valence-electron chi connectivity index (χ0n) is 15.2. The largest absolute Gasteiger partial charge is 0.507 e. The summed E-state index contributed by atoms with van der Waals surface area (Å²) < 4.78 is 5.37. The van der Waals surface area contributed by atoms with Crippen molar-refractivity contribution in [3.8, 4) is 11.5 Å². The van der Waals surface area contributed by atoms with Crippen molar-refractivity contribution in [3.63, 3.8) is 0 Å². The van der Waals surface area contributed by atoms with E-state index < -0.39 is 5.91 Å². The summed E-state index contributed by atoms with van der Waals surface area (Å²) in [7, 11) is 0. The summed E-state index contributed by atoms with van der Waals surface area (Å²) in [6.45, 7) is 3.52. The molecule has 2 amide bonds. The Balaban J connectivity index is 1.74. The molecule has 27 heavy (non-hydrogen) atoms. The maximum atomic E-state index is 12.4. The number of nitrogens with zero attached hydrogens (tertiary/aromatic N) is 2. The molecule has 1 aliphatic heterocycles. The summed E-state index contributed by atoms with van der Waals surface area (Å²) in [6.07, 6.45) is 0.524. The van der Waals surface area contributed by atoms with Gasteiger partial charge in [-0.25, -0.2) is 5.43 Å². The molecule has 0 saturated heterocycles. The number of nitrogens with one attached hydrogen (secondary N) is 1. The summed E-state index contributed by atoms with van der Waals surface area (Å²) in [5, 5.41) is 14.2. The lowest BCUT2D eigenvalue weighted by Crippen LogP contribution is -2.44. The van der Waals surface area contributed by atoms with Gasteiger partial charge in [-0.2, -0.15) is 5.10 Å². The van der Waals surface area contributed by atoms with Gasteiger partial charge in [0.1, 0.15) is 18.0 Å². The molecule has 0 fully saturated rings. The Hall–Kier alpha value is -3.35. The molecule has 1 aliphatic rings. The minimum absolute atomic E-state index is 0.104. The number of aryl methyl sites for hydroxylation is 1. The van der Waals surface area contributed by atoms with Crippen LogP contribution in [0.1, 0.15) is 24.5 Å². The Morgan fingerprint density at radius 2 is 2.07 bits per heavy atom. The maximum absolute atomic E-state index is 12.4. The van der Waals surface area contributed by atoms with Gasteiger partial charge in [-0.15, -0.1) is 0 Å². The number of carbonyl (C=O) groups excluding carboxylic acids is 2. The smallest absolute Gasteiger partial charge is 0.265 e. The number of phenolic OH excluding ortho intramolecular Hbond substituents is 1. The fourth-order valence-corrected chi connectivity index (χ4v) is 2.85. The quantitative estimate of drug-likeness (QED) is 0.627. The minimum atomic E-state index is -0.432. The van der Waals surface area contributed by atoms with Crippen molar-refractivity contribution < 1.29 is 19.4 Å². The van der Waals surface area contributed by atoms with Gasteiger partial charge in [0.25, 0.3) is 11.8 Å². The van der Waals surface area contributed by atoms with Gasteiger partial charge in [-0.05, 0) is 37.6 Å². The van der Waals surface area contributed by atoms with Gasteiger partial charge in [0.15, 0.2) is 6.61 Å². The van der Waals surface area contributed by atoms with Crippen molar-refractivity contribution in [2.24, 2.45) is 5.10 Å². The molecule has 2 aromatic rings.